The molecule has 0 unspecified atom stereocenters. The summed E-state index contributed by atoms with van der Waals surface area (Å²) < 4.78 is 5.26. The summed E-state index contributed by atoms with van der Waals surface area (Å²) in [6.07, 6.45) is 2.01. The first-order valence-electron chi connectivity index (χ1n) is 4.62. The summed E-state index contributed by atoms with van der Waals surface area (Å²) >= 11 is 0. The van der Waals surface area contributed by atoms with E-state index < -0.39 is 0 Å². The lowest BCUT2D eigenvalue weighted by Crippen LogP contribution is -2.18. The topological polar surface area (TPSA) is 35.2 Å². The summed E-state index contributed by atoms with van der Waals surface area (Å²) in [5.74, 6) is 0.979. The van der Waals surface area contributed by atoms with Crippen molar-refractivity contribution in [3.63, 3.8) is 0 Å². The zero-order valence-corrected chi connectivity index (χ0v) is 8.13. The molecule has 1 aromatic rings. The lowest BCUT2D eigenvalue weighted by molar-refractivity contribution is 0.411. The quantitative estimate of drug-likeness (QED) is 0.704. The van der Waals surface area contributed by atoms with Crippen LogP contribution in [0.3, 0.4) is 0 Å². The normalized spacial score (nSPS) is 20.1. The van der Waals surface area contributed by atoms with E-state index in [1.807, 2.05) is 0 Å². The Morgan fingerprint density at radius 2 is 1.92 bits per heavy atom. The number of aryl methyl sites for hydroxylation is 1. The molecule has 0 radical (unpaired) electrons. The summed E-state index contributed by atoms with van der Waals surface area (Å²) in [6, 6.07) is 4.62. The zero-order valence-electron chi connectivity index (χ0n) is 8.13. The molecule has 2 nitrogen and oxygen atoms in total. The minimum atomic E-state index is 0.307. The molecule has 0 saturated heterocycles. The second kappa shape index (κ2) is 3.04. The second-order valence-electron chi connectivity index (χ2n) is 3.76. The van der Waals surface area contributed by atoms with Gasteiger partial charge in [0.1, 0.15) is 5.75 Å². The van der Waals surface area contributed by atoms with Crippen LogP contribution in [0.5, 0.6) is 5.75 Å². The highest BCUT2D eigenvalue weighted by Crippen LogP contribution is 2.28. The third kappa shape index (κ3) is 1.42. The molecule has 2 heteroatoms. The maximum atomic E-state index is 5.89. The van der Waals surface area contributed by atoms with Gasteiger partial charge in [-0.1, -0.05) is 6.07 Å². The van der Waals surface area contributed by atoms with Crippen molar-refractivity contribution >= 4 is 0 Å². The Bertz CT molecular complexity index is 333. The van der Waals surface area contributed by atoms with Gasteiger partial charge in [-0.15, -0.1) is 0 Å². The van der Waals surface area contributed by atoms with Gasteiger partial charge in [0.2, 0.25) is 0 Å². The number of hydrogen-bond donors (Lipinski definition) is 1. The average Bonchev–Trinajstić information content (AvgIpc) is 2.42. The van der Waals surface area contributed by atoms with Crippen molar-refractivity contribution in [1.82, 2.24) is 0 Å². The van der Waals surface area contributed by atoms with Crippen molar-refractivity contribution in [2.45, 2.75) is 25.8 Å². The lowest BCUT2D eigenvalue weighted by atomic mass is 10.1. The van der Waals surface area contributed by atoms with Gasteiger partial charge in [-0.3, -0.25) is 0 Å². The van der Waals surface area contributed by atoms with Crippen molar-refractivity contribution in [2.24, 2.45) is 5.73 Å². The Morgan fingerprint density at radius 1 is 1.31 bits per heavy atom. The summed E-state index contributed by atoms with van der Waals surface area (Å²) in [6.45, 7) is 2.07. The Morgan fingerprint density at radius 3 is 2.54 bits per heavy atom. The van der Waals surface area contributed by atoms with Crippen molar-refractivity contribution in [3.05, 3.63) is 28.8 Å². The number of nitrogens with two attached hydrogens (primary N) is 1. The molecule has 0 amide bonds. The van der Waals surface area contributed by atoms with Crippen LogP contribution in [0, 0.1) is 6.92 Å². The molecule has 0 aliphatic heterocycles. The number of methoxy groups -OCH3 is 1. The average molecular weight is 177 g/mol. The minimum absolute atomic E-state index is 0.307. The Labute approximate surface area is 78.7 Å². The van der Waals surface area contributed by atoms with Gasteiger partial charge in [-0.25, -0.2) is 0 Å². The first-order valence-corrected chi connectivity index (χ1v) is 4.62. The first-order chi connectivity index (χ1) is 6.20. The third-order valence-corrected chi connectivity index (χ3v) is 2.68. The highest BCUT2D eigenvalue weighted by molar-refractivity contribution is 5.45. The van der Waals surface area contributed by atoms with Gasteiger partial charge in [-0.05, 0) is 42.5 Å². The smallest absolute Gasteiger partial charge is 0.122 e. The fourth-order valence-corrected chi connectivity index (χ4v) is 2.03. The Kier molecular flexibility index (Phi) is 2.00. The molecule has 2 rings (SSSR count). The number of benzene rings is 1. The number of fused-ring (bicyclic) bond motifs is 1. The van der Waals surface area contributed by atoms with Gasteiger partial charge >= 0.3 is 0 Å². The van der Waals surface area contributed by atoms with Gasteiger partial charge < -0.3 is 10.5 Å². The van der Waals surface area contributed by atoms with E-state index in [0.29, 0.717) is 6.04 Å². The summed E-state index contributed by atoms with van der Waals surface area (Å²) in [5, 5.41) is 0. The molecular formula is C11H15NO. The van der Waals surface area contributed by atoms with E-state index in [4.69, 9.17) is 10.5 Å². The van der Waals surface area contributed by atoms with E-state index in [2.05, 4.69) is 19.1 Å². The number of ether oxygens (including phenoxy) is 1. The van der Waals surface area contributed by atoms with Crippen molar-refractivity contribution < 1.29 is 4.74 Å². The summed E-state index contributed by atoms with van der Waals surface area (Å²) in [4.78, 5) is 0. The van der Waals surface area contributed by atoms with Crippen molar-refractivity contribution in [3.8, 4) is 5.75 Å². The summed E-state index contributed by atoms with van der Waals surface area (Å²) in [5.41, 5.74) is 9.84. The van der Waals surface area contributed by atoms with Crippen LogP contribution in [-0.2, 0) is 12.8 Å². The van der Waals surface area contributed by atoms with Gasteiger partial charge in [0.15, 0.2) is 0 Å². The molecular weight excluding hydrogens is 162 g/mol. The molecule has 13 heavy (non-hydrogen) atoms. The van der Waals surface area contributed by atoms with Crippen molar-refractivity contribution in [1.29, 1.82) is 0 Å². The van der Waals surface area contributed by atoms with E-state index in [9.17, 15) is 0 Å². The van der Waals surface area contributed by atoms with Crippen LogP contribution in [0.25, 0.3) is 0 Å². The minimum Gasteiger partial charge on any atom is -0.496 e. The molecule has 0 saturated carbocycles. The van der Waals surface area contributed by atoms with Crippen LogP contribution >= 0.6 is 0 Å². The molecule has 0 aromatic heterocycles. The van der Waals surface area contributed by atoms with Crippen LogP contribution in [0.15, 0.2) is 12.1 Å². The lowest BCUT2D eigenvalue weighted by Gasteiger charge is -2.07. The van der Waals surface area contributed by atoms with Crippen LogP contribution in [0.1, 0.15) is 16.7 Å². The van der Waals surface area contributed by atoms with E-state index in [0.717, 1.165) is 18.6 Å². The van der Waals surface area contributed by atoms with Gasteiger partial charge in [-0.2, -0.15) is 0 Å². The SMILES string of the molecule is COc1cc2c(cc1C)C[C@H](N)C2. The standard InChI is InChI=1S/C11H15NO/c1-7-3-8-4-10(12)5-9(8)6-11(7)13-2/h3,6,10H,4-5,12H2,1-2H3/t10-/m0/s1. The maximum Gasteiger partial charge on any atom is 0.122 e. The first kappa shape index (κ1) is 8.57. The van der Waals surface area contributed by atoms with Gasteiger partial charge in [0, 0.05) is 6.04 Å². The largest absolute Gasteiger partial charge is 0.496 e. The molecule has 1 aromatic carbocycles. The maximum absolute atomic E-state index is 5.89. The number of hydrogen-bond acceptors (Lipinski definition) is 2. The highest BCUT2D eigenvalue weighted by Gasteiger charge is 2.19. The molecule has 2 N–H and O–H groups in total. The highest BCUT2D eigenvalue weighted by atomic mass is 16.5. The fraction of sp³-hybridized carbons (Fsp3) is 0.455. The zero-order chi connectivity index (χ0) is 9.42. The van der Waals surface area contributed by atoms with Crippen LogP contribution in [0.2, 0.25) is 0 Å². The molecule has 0 fully saturated rings. The molecule has 1 atom stereocenters. The molecule has 0 bridgehead atoms. The molecule has 1 aliphatic rings. The van der Waals surface area contributed by atoms with Gasteiger partial charge in [0.05, 0.1) is 7.11 Å². The van der Waals surface area contributed by atoms with Crippen LogP contribution < -0.4 is 10.5 Å². The molecule has 0 heterocycles. The molecule has 0 spiro atoms. The monoisotopic (exact) mass is 177 g/mol. The second-order valence-corrected chi connectivity index (χ2v) is 3.76. The van der Waals surface area contributed by atoms with Crippen LogP contribution in [0.4, 0.5) is 0 Å². The van der Waals surface area contributed by atoms with E-state index >= 15 is 0 Å². The predicted molar refractivity (Wildman–Crippen MR) is 53.1 cm³/mol. The fourth-order valence-electron chi connectivity index (χ4n) is 2.03. The van der Waals surface area contributed by atoms with E-state index in [1.54, 1.807) is 7.11 Å². The molecule has 70 valence electrons. The summed E-state index contributed by atoms with van der Waals surface area (Å²) in [7, 11) is 1.71. The Hall–Kier alpha value is -1.02. The van der Waals surface area contributed by atoms with Crippen molar-refractivity contribution in [2.75, 3.05) is 7.11 Å². The van der Waals surface area contributed by atoms with Gasteiger partial charge in [0.25, 0.3) is 0 Å². The third-order valence-electron chi connectivity index (χ3n) is 2.68. The Balaban J connectivity index is 2.44. The van der Waals surface area contributed by atoms with E-state index in [-0.39, 0.29) is 0 Å². The number of rotatable bonds is 1. The molecule has 1 aliphatic carbocycles. The van der Waals surface area contributed by atoms with E-state index in [1.165, 1.54) is 16.7 Å². The van der Waals surface area contributed by atoms with Crippen LogP contribution in [-0.4, -0.2) is 13.2 Å². The predicted octanol–water partition coefficient (Wildman–Crippen LogP) is 1.43.